The van der Waals surface area contributed by atoms with Gasteiger partial charge in [-0.1, -0.05) is 6.07 Å². The monoisotopic (exact) mass is 206 g/mol. The van der Waals surface area contributed by atoms with E-state index in [0.29, 0.717) is 5.82 Å². The van der Waals surface area contributed by atoms with Crippen molar-refractivity contribution < 1.29 is 4.79 Å². The van der Waals surface area contributed by atoms with Crippen molar-refractivity contribution in [3.63, 3.8) is 0 Å². The molecule has 0 bridgehead atoms. The fraction of sp³-hybridized carbons (Fsp3) is 0.400. The smallest absolute Gasteiger partial charge is 0.320 e. The molecule has 0 aromatic carbocycles. The Morgan fingerprint density at radius 2 is 2.47 bits per heavy atom. The van der Waals surface area contributed by atoms with Gasteiger partial charge in [-0.05, 0) is 25.1 Å². The van der Waals surface area contributed by atoms with Gasteiger partial charge in [-0.15, -0.1) is 0 Å². The minimum Gasteiger partial charge on any atom is -0.334 e. The highest BCUT2D eigenvalue weighted by atomic mass is 16.2. The standard InChI is InChI=1S/C10H14N4O/c15-10(13-8-4-6-11-7-8)14-9-3-1-2-5-12-9/h1-3,5,8,11H,4,6-7H2,(H2,12,13,14,15). The van der Waals surface area contributed by atoms with E-state index in [1.165, 1.54) is 0 Å². The van der Waals surface area contributed by atoms with Crippen LogP contribution in [0.2, 0.25) is 0 Å². The van der Waals surface area contributed by atoms with E-state index in [0.717, 1.165) is 19.5 Å². The second-order valence-electron chi connectivity index (χ2n) is 3.50. The molecule has 1 aromatic heterocycles. The molecule has 3 N–H and O–H groups in total. The summed E-state index contributed by atoms with van der Waals surface area (Å²) in [7, 11) is 0. The van der Waals surface area contributed by atoms with Crippen LogP contribution in [0.25, 0.3) is 0 Å². The van der Waals surface area contributed by atoms with Gasteiger partial charge < -0.3 is 10.6 Å². The molecule has 2 heterocycles. The number of aromatic nitrogens is 1. The van der Waals surface area contributed by atoms with E-state index in [1.54, 1.807) is 12.3 Å². The summed E-state index contributed by atoms with van der Waals surface area (Å²) in [5, 5.41) is 8.74. The van der Waals surface area contributed by atoms with Gasteiger partial charge in [-0.25, -0.2) is 9.78 Å². The van der Waals surface area contributed by atoms with Gasteiger partial charge in [0.25, 0.3) is 0 Å². The quantitative estimate of drug-likeness (QED) is 0.662. The number of rotatable bonds is 2. The molecule has 1 aliphatic rings. The number of nitrogens with one attached hydrogen (secondary N) is 3. The van der Waals surface area contributed by atoms with Gasteiger partial charge in [-0.3, -0.25) is 5.32 Å². The van der Waals surface area contributed by atoms with E-state index >= 15 is 0 Å². The van der Waals surface area contributed by atoms with Gasteiger partial charge in [0.2, 0.25) is 0 Å². The molecule has 1 saturated heterocycles. The van der Waals surface area contributed by atoms with Gasteiger partial charge in [0.05, 0.1) is 0 Å². The SMILES string of the molecule is O=C(Nc1ccccn1)NC1CCNC1. The number of amides is 2. The summed E-state index contributed by atoms with van der Waals surface area (Å²) in [5.74, 6) is 0.570. The first-order chi connectivity index (χ1) is 7.34. The molecule has 5 heteroatoms. The number of hydrogen-bond donors (Lipinski definition) is 3. The summed E-state index contributed by atoms with van der Waals surface area (Å²) < 4.78 is 0. The first-order valence-corrected chi connectivity index (χ1v) is 5.04. The molecule has 1 fully saturated rings. The lowest BCUT2D eigenvalue weighted by atomic mass is 10.3. The van der Waals surface area contributed by atoms with E-state index in [4.69, 9.17) is 0 Å². The summed E-state index contributed by atoms with van der Waals surface area (Å²) in [4.78, 5) is 15.5. The van der Waals surface area contributed by atoms with Crippen molar-refractivity contribution in [2.24, 2.45) is 0 Å². The highest BCUT2D eigenvalue weighted by molar-refractivity contribution is 5.88. The van der Waals surface area contributed by atoms with Gasteiger partial charge in [0.1, 0.15) is 5.82 Å². The lowest BCUT2D eigenvalue weighted by molar-refractivity contribution is 0.249. The van der Waals surface area contributed by atoms with Crippen molar-refractivity contribution in [2.45, 2.75) is 12.5 Å². The van der Waals surface area contributed by atoms with Gasteiger partial charge in [-0.2, -0.15) is 0 Å². The zero-order chi connectivity index (χ0) is 10.5. The van der Waals surface area contributed by atoms with Crippen LogP contribution < -0.4 is 16.0 Å². The van der Waals surface area contributed by atoms with Crippen LogP contribution in [-0.4, -0.2) is 30.1 Å². The lowest BCUT2D eigenvalue weighted by Gasteiger charge is -2.11. The second-order valence-corrected chi connectivity index (χ2v) is 3.50. The highest BCUT2D eigenvalue weighted by Gasteiger charge is 2.16. The molecule has 1 aliphatic heterocycles. The Bertz CT molecular complexity index is 321. The average molecular weight is 206 g/mol. The van der Waals surface area contributed by atoms with Crippen molar-refractivity contribution >= 4 is 11.8 Å². The minimum absolute atomic E-state index is 0.192. The molecule has 2 rings (SSSR count). The highest BCUT2D eigenvalue weighted by Crippen LogP contribution is 2.01. The average Bonchev–Trinajstić information content (AvgIpc) is 2.71. The number of hydrogen-bond acceptors (Lipinski definition) is 3. The maximum Gasteiger partial charge on any atom is 0.320 e. The molecular weight excluding hydrogens is 192 g/mol. The Morgan fingerprint density at radius 3 is 3.13 bits per heavy atom. The van der Waals surface area contributed by atoms with E-state index in [-0.39, 0.29) is 12.1 Å². The molecule has 15 heavy (non-hydrogen) atoms. The number of urea groups is 1. The molecule has 1 unspecified atom stereocenters. The Kier molecular flexibility index (Phi) is 3.14. The van der Waals surface area contributed by atoms with Crippen LogP contribution in [0, 0.1) is 0 Å². The van der Waals surface area contributed by atoms with Crippen molar-refractivity contribution in [2.75, 3.05) is 18.4 Å². The third kappa shape index (κ3) is 2.92. The van der Waals surface area contributed by atoms with Gasteiger partial charge >= 0.3 is 6.03 Å². The predicted molar refractivity (Wildman–Crippen MR) is 57.7 cm³/mol. The molecule has 5 nitrogen and oxygen atoms in total. The van der Waals surface area contributed by atoms with Crippen molar-refractivity contribution in [3.05, 3.63) is 24.4 Å². The van der Waals surface area contributed by atoms with E-state index in [9.17, 15) is 4.79 Å². The predicted octanol–water partition coefficient (Wildman–Crippen LogP) is 0.565. The van der Waals surface area contributed by atoms with Crippen molar-refractivity contribution in [1.29, 1.82) is 0 Å². The fourth-order valence-corrected chi connectivity index (χ4v) is 1.55. The second kappa shape index (κ2) is 4.75. The molecule has 80 valence electrons. The fourth-order valence-electron chi connectivity index (χ4n) is 1.55. The maximum atomic E-state index is 11.5. The molecule has 2 amide bonds. The van der Waals surface area contributed by atoms with E-state index < -0.39 is 0 Å². The third-order valence-corrected chi connectivity index (χ3v) is 2.30. The van der Waals surface area contributed by atoms with E-state index in [1.807, 2.05) is 12.1 Å². The van der Waals surface area contributed by atoms with Gasteiger partial charge in [0.15, 0.2) is 0 Å². The molecule has 0 spiro atoms. The molecule has 0 saturated carbocycles. The zero-order valence-electron chi connectivity index (χ0n) is 8.36. The van der Waals surface area contributed by atoms with Crippen molar-refractivity contribution in [1.82, 2.24) is 15.6 Å². The molecule has 0 aliphatic carbocycles. The Balaban J connectivity index is 1.82. The minimum atomic E-state index is -0.192. The summed E-state index contributed by atoms with van der Waals surface area (Å²) in [5.41, 5.74) is 0. The lowest BCUT2D eigenvalue weighted by Crippen LogP contribution is -2.39. The first-order valence-electron chi connectivity index (χ1n) is 5.04. The largest absolute Gasteiger partial charge is 0.334 e. The Labute approximate surface area is 88.3 Å². The number of pyridine rings is 1. The topological polar surface area (TPSA) is 66.0 Å². The maximum absolute atomic E-state index is 11.5. The normalized spacial score (nSPS) is 19.9. The number of carbonyl (C=O) groups excluding carboxylic acids is 1. The Morgan fingerprint density at radius 1 is 1.53 bits per heavy atom. The number of nitrogens with zero attached hydrogens (tertiary/aromatic N) is 1. The third-order valence-electron chi connectivity index (χ3n) is 2.30. The van der Waals surface area contributed by atoms with Crippen LogP contribution in [-0.2, 0) is 0 Å². The van der Waals surface area contributed by atoms with Crippen LogP contribution in [0.3, 0.4) is 0 Å². The molecule has 1 atom stereocenters. The first kappa shape index (κ1) is 9.92. The molecule has 0 radical (unpaired) electrons. The molecular formula is C10H14N4O. The number of anilines is 1. The van der Waals surface area contributed by atoms with Crippen molar-refractivity contribution in [3.8, 4) is 0 Å². The van der Waals surface area contributed by atoms with Crippen LogP contribution in [0.4, 0.5) is 10.6 Å². The summed E-state index contributed by atoms with van der Waals surface area (Å²) in [6.45, 7) is 1.81. The summed E-state index contributed by atoms with van der Waals surface area (Å²) >= 11 is 0. The molecule has 1 aromatic rings. The Hall–Kier alpha value is -1.62. The van der Waals surface area contributed by atoms with Crippen LogP contribution in [0.15, 0.2) is 24.4 Å². The van der Waals surface area contributed by atoms with Crippen LogP contribution >= 0.6 is 0 Å². The van der Waals surface area contributed by atoms with Gasteiger partial charge in [0, 0.05) is 18.8 Å². The van der Waals surface area contributed by atoms with Crippen LogP contribution in [0.1, 0.15) is 6.42 Å². The zero-order valence-corrected chi connectivity index (χ0v) is 8.36. The van der Waals surface area contributed by atoms with E-state index in [2.05, 4.69) is 20.9 Å². The van der Waals surface area contributed by atoms with Crippen LogP contribution in [0.5, 0.6) is 0 Å². The summed E-state index contributed by atoms with van der Waals surface area (Å²) in [6.07, 6.45) is 2.63. The summed E-state index contributed by atoms with van der Waals surface area (Å²) in [6, 6.07) is 5.44. The number of carbonyl (C=O) groups is 1.